The van der Waals surface area contributed by atoms with E-state index >= 15 is 0 Å². The van der Waals surface area contributed by atoms with E-state index in [1.165, 1.54) is 19.3 Å². The predicted molar refractivity (Wildman–Crippen MR) is 86.6 cm³/mol. The van der Waals surface area contributed by atoms with Crippen LogP contribution in [0.2, 0.25) is 0 Å². The third-order valence-electron chi connectivity index (χ3n) is 3.91. The molecule has 0 aromatic carbocycles. The van der Waals surface area contributed by atoms with E-state index < -0.39 is 0 Å². The molecule has 1 aromatic rings. The van der Waals surface area contributed by atoms with Crippen molar-refractivity contribution in [2.24, 2.45) is 10.8 Å². The maximum absolute atomic E-state index is 5.63. The van der Waals surface area contributed by atoms with Gasteiger partial charge >= 0.3 is 0 Å². The molecule has 21 heavy (non-hydrogen) atoms. The molecule has 1 N–H and O–H groups in total. The minimum Gasteiger partial charge on any atom is -0.475 e. The lowest BCUT2D eigenvalue weighted by Gasteiger charge is -2.45. The Morgan fingerprint density at radius 2 is 1.76 bits per heavy atom. The Labute approximate surface area is 128 Å². The van der Waals surface area contributed by atoms with Gasteiger partial charge in [0.2, 0.25) is 5.88 Å². The topological polar surface area (TPSA) is 47.0 Å². The summed E-state index contributed by atoms with van der Waals surface area (Å²) in [5.74, 6) is 1.50. The van der Waals surface area contributed by atoms with Gasteiger partial charge in [0.25, 0.3) is 0 Å². The summed E-state index contributed by atoms with van der Waals surface area (Å²) in [6, 6.07) is 2.35. The van der Waals surface area contributed by atoms with Gasteiger partial charge in [-0.2, -0.15) is 0 Å². The van der Waals surface area contributed by atoms with E-state index in [2.05, 4.69) is 43.0 Å². The molecule has 1 aliphatic rings. The quantitative estimate of drug-likeness (QED) is 0.899. The van der Waals surface area contributed by atoms with Gasteiger partial charge in [-0.1, -0.05) is 27.7 Å². The number of ether oxygens (including phenoxy) is 1. The number of nitrogens with one attached hydrogen (secondary N) is 1. The van der Waals surface area contributed by atoms with Gasteiger partial charge in [0.15, 0.2) is 0 Å². The van der Waals surface area contributed by atoms with E-state index in [4.69, 9.17) is 4.74 Å². The summed E-state index contributed by atoms with van der Waals surface area (Å²) in [5.41, 5.74) is 0.730. The summed E-state index contributed by atoms with van der Waals surface area (Å²) in [6.07, 6.45) is 5.30. The highest BCUT2D eigenvalue weighted by molar-refractivity contribution is 5.38. The molecule has 0 aliphatic heterocycles. The first kappa shape index (κ1) is 16.1. The highest BCUT2D eigenvalue weighted by atomic mass is 16.5. The number of nitrogens with zero attached hydrogens (tertiary/aromatic N) is 2. The first-order chi connectivity index (χ1) is 9.65. The molecular formula is C17H29N3O. The van der Waals surface area contributed by atoms with Crippen molar-refractivity contribution in [1.82, 2.24) is 9.97 Å². The molecular weight excluding hydrogens is 262 g/mol. The molecule has 1 saturated carbocycles. The smallest absolute Gasteiger partial charge is 0.218 e. The minimum atomic E-state index is 0.125. The van der Waals surface area contributed by atoms with Gasteiger partial charge in [-0.25, -0.2) is 9.97 Å². The molecule has 4 heteroatoms. The van der Waals surface area contributed by atoms with Crippen molar-refractivity contribution < 1.29 is 4.74 Å². The second-order valence-electron chi connectivity index (χ2n) is 8.16. The summed E-state index contributed by atoms with van der Waals surface area (Å²) in [7, 11) is 0. The van der Waals surface area contributed by atoms with E-state index in [9.17, 15) is 0 Å². The molecule has 0 bridgehead atoms. The van der Waals surface area contributed by atoms with Crippen molar-refractivity contribution in [2.75, 3.05) is 5.32 Å². The van der Waals surface area contributed by atoms with Crippen molar-refractivity contribution in [2.45, 2.75) is 73.0 Å². The van der Waals surface area contributed by atoms with Crippen LogP contribution in [0.4, 0.5) is 5.82 Å². The standard InChI is InChI=1S/C17H29N3O/c1-12(2)21-15-7-14(18-11-19-15)20-13-8-16(3,4)10-17(5,6)9-13/h7,11-13H,8-10H2,1-6H3,(H,18,19,20). The van der Waals surface area contributed by atoms with Gasteiger partial charge in [0.1, 0.15) is 12.1 Å². The highest BCUT2D eigenvalue weighted by Crippen LogP contribution is 2.46. The monoisotopic (exact) mass is 291 g/mol. The van der Waals surface area contributed by atoms with Crippen molar-refractivity contribution in [1.29, 1.82) is 0 Å². The average Bonchev–Trinajstić information content (AvgIpc) is 2.23. The molecule has 1 aromatic heterocycles. The molecule has 0 amide bonds. The van der Waals surface area contributed by atoms with Gasteiger partial charge in [-0.3, -0.25) is 0 Å². The largest absolute Gasteiger partial charge is 0.475 e. The van der Waals surface area contributed by atoms with E-state index in [1.54, 1.807) is 6.33 Å². The number of hydrogen-bond donors (Lipinski definition) is 1. The van der Waals surface area contributed by atoms with Gasteiger partial charge in [-0.05, 0) is 43.9 Å². The number of aromatic nitrogens is 2. The highest BCUT2D eigenvalue weighted by Gasteiger charge is 2.38. The van der Waals surface area contributed by atoms with Crippen molar-refractivity contribution in [3.63, 3.8) is 0 Å². The van der Waals surface area contributed by atoms with E-state index in [0.29, 0.717) is 22.8 Å². The van der Waals surface area contributed by atoms with Crippen LogP contribution in [-0.4, -0.2) is 22.1 Å². The molecule has 0 atom stereocenters. The van der Waals surface area contributed by atoms with Crippen LogP contribution >= 0.6 is 0 Å². The second-order valence-corrected chi connectivity index (χ2v) is 8.16. The molecule has 1 heterocycles. The third kappa shape index (κ3) is 4.87. The van der Waals surface area contributed by atoms with Crippen LogP contribution in [0.5, 0.6) is 5.88 Å². The zero-order valence-corrected chi connectivity index (χ0v) is 14.2. The number of rotatable bonds is 4. The fraction of sp³-hybridized carbons (Fsp3) is 0.765. The molecule has 4 nitrogen and oxygen atoms in total. The van der Waals surface area contributed by atoms with Crippen LogP contribution in [0.1, 0.15) is 60.8 Å². The zero-order chi connectivity index (χ0) is 15.7. The third-order valence-corrected chi connectivity index (χ3v) is 3.91. The lowest BCUT2D eigenvalue weighted by atomic mass is 9.63. The Morgan fingerprint density at radius 3 is 2.33 bits per heavy atom. The molecule has 118 valence electrons. The maximum Gasteiger partial charge on any atom is 0.218 e. The molecule has 0 saturated heterocycles. The Kier molecular flexibility index (Phi) is 4.45. The van der Waals surface area contributed by atoms with Crippen LogP contribution in [0.15, 0.2) is 12.4 Å². The van der Waals surface area contributed by atoms with Crippen LogP contribution in [0.25, 0.3) is 0 Å². The average molecular weight is 291 g/mol. The van der Waals surface area contributed by atoms with Gasteiger partial charge in [0.05, 0.1) is 6.10 Å². The Hall–Kier alpha value is -1.32. The molecule has 0 radical (unpaired) electrons. The Morgan fingerprint density at radius 1 is 1.14 bits per heavy atom. The zero-order valence-electron chi connectivity index (χ0n) is 14.2. The van der Waals surface area contributed by atoms with Crippen LogP contribution in [-0.2, 0) is 0 Å². The minimum absolute atomic E-state index is 0.125. The van der Waals surface area contributed by atoms with Gasteiger partial charge in [-0.15, -0.1) is 0 Å². The first-order valence-electron chi connectivity index (χ1n) is 7.90. The number of hydrogen-bond acceptors (Lipinski definition) is 4. The summed E-state index contributed by atoms with van der Waals surface area (Å²) >= 11 is 0. The van der Waals surface area contributed by atoms with Crippen LogP contribution < -0.4 is 10.1 Å². The fourth-order valence-electron chi connectivity index (χ4n) is 3.88. The molecule has 2 rings (SSSR count). The molecule has 1 fully saturated rings. The van der Waals surface area contributed by atoms with E-state index in [-0.39, 0.29) is 6.10 Å². The maximum atomic E-state index is 5.63. The number of anilines is 1. The second kappa shape index (κ2) is 5.82. The summed E-state index contributed by atoms with van der Waals surface area (Å²) < 4.78 is 5.63. The van der Waals surface area contributed by atoms with Crippen molar-refractivity contribution in [3.05, 3.63) is 12.4 Å². The Balaban J connectivity index is 2.07. The van der Waals surface area contributed by atoms with E-state index in [0.717, 1.165) is 5.82 Å². The first-order valence-corrected chi connectivity index (χ1v) is 7.90. The lowest BCUT2D eigenvalue weighted by Crippen LogP contribution is -2.40. The lowest BCUT2D eigenvalue weighted by molar-refractivity contribution is 0.105. The van der Waals surface area contributed by atoms with Crippen molar-refractivity contribution in [3.8, 4) is 5.88 Å². The summed E-state index contributed by atoms with van der Waals surface area (Å²) in [4.78, 5) is 8.49. The molecule has 0 spiro atoms. The fourth-order valence-corrected chi connectivity index (χ4v) is 3.88. The van der Waals surface area contributed by atoms with Gasteiger partial charge in [0, 0.05) is 12.1 Å². The van der Waals surface area contributed by atoms with E-state index in [1.807, 2.05) is 19.9 Å². The summed E-state index contributed by atoms with van der Waals surface area (Å²) in [6.45, 7) is 13.4. The predicted octanol–water partition coefficient (Wildman–Crippen LogP) is 4.28. The van der Waals surface area contributed by atoms with Crippen molar-refractivity contribution >= 4 is 5.82 Å². The SMILES string of the molecule is CC(C)Oc1cc(NC2CC(C)(C)CC(C)(C)C2)ncn1. The molecule has 0 unspecified atom stereocenters. The van der Waals surface area contributed by atoms with Crippen LogP contribution in [0.3, 0.4) is 0 Å². The normalized spacial score (nSPS) is 21.3. The Bertz CT molecular complexity index is 467. The summed E-state index contributed by atoms with van der Waals surface area (Å²) in [5, 5.41) is 3.57. The van der Waals surface area contributed by atoms with Gasteiger partial charge < -0.3 is 10.1 Å². The van der Waals surface area contributed by atoms with Crippen LogP contribution in [0, 0.1) is 10.8 Å². The molecule has 1 aliphatic carbocycles.